The number of carbonyl (C=O) groups is 1. The van der Waals surface area contributed by atoms with E-state index < -0.39 is 0 Å². The number of hydrogen-bond donors (Lipinski definition) is 0. The van der Waals surface area contributed by atoms with Crippen molar-refractivity contribution in [1.82, 2.24) is 10.1 Å². The van der Waals surface area contributed by atoms with Gasteiger partial charge in [-0.05, 0) is 30.4 Å². The molecule has 0 N–H and O–H groups in total. The molecule has 1 atom stereocenters. The third-order valence-electron chi connectivity index (χ3n) is 3.91. The van der Waals surface area contributed by atoms with Gasteiger partial charge in [-0.15, -0.1) is 0 Å². The number of benzene rings is 1. The molecule has 2 aromatic rings. The van der Waals surface area contributed by atoms with Gasteiger partial charge in [-0.25, -0.2) is 0 Å². The second-order valence-electron chi connectivity index (χ2n) is 5.26. The Morgan fingerprint density at radius 3 is 3.10 bits per heavy atom. The highest BCUT2D eigenvalue weighted by Crippen LogP contribution is 2.35. The van der Waals surface area contributed by atoms with Gasteiger partial charge in [-0.3, -0.25) is 4.79 Å². The van der Waals surface area contributed by atoms with Gasteiger partial charge in [0, 0.05) is 12.3 Å². The highest BCUT2D eigenvalue weighted by molar-refractivity contribution is 5.79. The zero-order valence-corrected chi connectivity index (χ0v) is 11.6. The average Bonchev–Trinajstić information content (AvgIpc) is 2.94. The number of aryl methyl sites for hydroxylation is 1. The van der Waals surface area contributed by atoms with E-state index >= 15 is 0 Å². The Bertz CT molecular complexity index is 618. The van der Waals surface area contributed by atoms with Crippen LogP contribution in [0.2, 0.25) is 0 Å². The molecule has 3 rings (SSSR count). The van der Waals surface area contributed by atoms with Crippen molar-refractivity contribution in [2.45, 2.75) is 44.9 Å². The molecule has 1 heterocycles. The number of hydrogen-bond acceptors (Lipinski definition) is 4. The van der Waals surface area contributed by atoms with Crippen molar-refractivity contribution < 1.29 is 9.32 Å². The molecule has 0 fully saturated rings. The molecule has 104 valence electrons. The zero-order chi connectivity index (χ0) is 13.9. The van der Waals surface area contributed by atoms with Crippen LogP contribution in [0, 0.1) is 0 Å². The van der Waals surface area contributed by atoms with Crippen LogP contribution < -0.4 is 0 Å². The van der Waals surface area contributed by atoms with Crippen molar-refractivity contribution in [1.29, 1.82) is 0 Å². The van der Waals surface area contributed by atoms with E-state index in [-0.39, 0.29) is 18.1 Å². The number of fused-ring (bicyclic) bond motifs is 1. The molecule has 0 amide bonds. The highest BCUT2D eigenvalue weighted by atomic mass is 16.5. The molecule has 0 bridgehead atoms. The Labute approximate surface area is 118 Å². The van der Waals surface area contributed by atoms with Crippen LogP contribution in [0.15, 0.2) is 28.8 Å². The Hall–Kier alpha value is -1.97. The van der Waals surface area contributed by atoms with E-state index in [1.54, 1.807) is 0 Å². The van der Waals surface area contributed by atoms with E-state index in [1.807, 2.05) is 6.92 Å². The van der Waals surface area contributed by atoms with Gasteiger partial charge >= 0.3 is 0 Å². The van der Waals surface area contributed by atoms with E-state index in [2.05, 4.69) is 34.4 Å². The summed E-state index contributed by atoms with van der Waals surface area (Å²) in [6.45, 7) is 1.84. The molecule has 20 heavy (non-hydrogen) atoms. The van der Waals surface area contributed by atoms with Crippen molar-refractivity contribution in [3.63, 3.8) is 0 Å². The fourth-order valence-electron chi connectivity index (χ4n) is 2.80. The van der Waals surface area contributed by atoms with E-state index in [1.165, 1.54) is 11.1 Å². The van der Waals surface area contributed by atoms with E-state index in [0.29, 0.717) is 12.3 Å². The third-order valence-corrected chi connectivity index (χ3v) is 3.91. The maximum atomic E-state index is 11.4. The van der Waals surface area contributed by atoms with Crippen molar-refractivity contribution in [3.05, 3.63) is 47.1 Å². The molecule has 0 spiro atoms. The molecule has 0 aliphatic heterocycles. The minimum absolute atomic E-state index is 0.129. The van der Waals surface area contributed by atoms with Crippen LogP contribution >= 0.6 is 0 Å². The van der Waals surface area contributed by atoms with Gasteiger partial charge in [0.15, 0.2) is 5.82 Å². The largest absolute Gasteiger partial charge is 0.339 e. The fraction of sp³-hybridized carbons (Fsp3) is 0.438. The Morgan fingerprint density at radius 2 is 2.25 bits per heavy atom. The first-order valence-electron chi connectivity index (χ1n) is 7.20. The third kappa shape index (κ3) is 2.50. The molecule has 0 saturated carbocycles. The maximum absolute atomic E-state index is 11.4. The minimum atomic E-state index is 0.129. The Kier molecular flexibility index (Phi) is 3.63. The maximum Gasteiger partial charge on any atom is 0.234 e. The monoisotopic (exact) mass is 270 g/mol. The summed E-state index contributed by atoms with van der Waals surface area (Å²) in [7, 11) is 0. The zero-order valence-electron chi connectivity index (χ0n) is 11.6. The van der Waals surface area contributed by atoms with Crippen LogP contribution in [0.25, 0.3) is 0 Å². The average molecular weight is 270 g/mol. The predicted molar refractivity (Wildman–Crippen MR) is 74.5 cm³/mol. The summed E-state index contributed by atoms with van der Waals surface area (Å²) in [5.41, 5.74) is 2.67. The first kappa shape index (κ1) is 13.0. The number of nitrogens with zero attached hydrogens (tertiary/aromatic N) is 2. The fourth-order valence-corrected chi connectivity index (χ4v) is 2.80. The molecular formula is C16H18N2O2. The summed E-state index contributed by atoms with van der Waals surface area (Å²) in [6, 6.07) is 8.44. The Morgan fingerprint density at radius 1 is 1.40 bits per heavy atom. The summed E-state index contributed by atoms with van der Waals surface area (Å²) in [5.74, 6) is 1.49. The van der Waals surface area contributed by atoms with E-state index in [0.717, 1.165) is 25.1 Å². The summed E-state index contributed by atoms with van der Waals surface area (Å²) in [4.78, 5) is 15.9. The minimum Gasteiger partial charge on any atom is -0.339 e. The van der Waals surface area contributed by atoms with E-state index in [9.17, 15) is 4.79 Å². The molecule has 1 aliphatic rings. The second kappa shape index (κ2) is 5.57. The van der Waals surface area contributed by atoms with Crippen LogP contribution in [-0.2, 0) is 17.6 Å². The SMILES string of the molecule is CCC(=O)Cc1nc(C2CCCc3ccccc32)no1. The number of ketones is 1. The van der Waals surface area contributed by atoms with Gasteiger partial charge in [-0.1, -0.05) is 36.3 Å². The lowest BCUT2D eigenvalue weighted by molar-refractivity contribution is -0.118. The van der Waals surface area contributed by atoms with Crippen LogP contribution in [0.4, 0.5) is 0 Å². The van der Waals surface area contributed by atoms with Gasteiger partial charge in [0.25, 0.3) is 0 Å². The van der Waals surface area contributed by atoms with Crippen LogP contribution in [-0.4, -0.2) is 15.9 Å². The molecule has 0 radical (unpaired) electrons. The normalized spacial score (nSPS) is 17.8. The van der Waals surface area contributed by atoms with Crippen molar-refractivity contribution >= 4 is 5.78 Å². The molecule has 4 heteroatoms. The molecule has 1 aromatic heterocycles. The van der Waals surface area contributed by atoms with E-state index in [4.69, 9.17) is 4.52 Å². The van der Waals surface area contributed by atoms with Gasteiger partial charge in [0.2, 0.25) is 5.89 Å². The number of aromatic nitrogens is 2. The van der Waals surface area contributed by atoms with Crippen molar-refractivity contribution in [3.8, 4) is 0 Å². The van der Waals surface area contributed by atoms with Crippen LogP contribution in [0.1, 0.15) is 54.9 Å². The van der Waals surface area contributed by atoms with Gasteiger partial charge in [0.1, 0.15) is 5.78 Å². The molecule has 1 aliphatic carbocycles. The number of carbonyl (C=O) groups excluding carboxylic acids is 1. The molecule has 1 unspecified atom stereocenters. The highest BCUT2D eigenvalue weighted by Gasteiger charge is 2.25. The standard InChI is InChI=1S/C16H18N2O2/c1-2-12(19)10-15-17-16(18-20-15)14-9-5-7-11-6-3-4-8-13(11)14/h3-4,6,8,14H,2,5,7,9-10H2,1H3. The van der Waals surface area contributed by atoms with Crippen LogP contribution in [0.3, 0.4) is 0 Å². The lowest BCUT2D eigenvalue weighted by Gasteiger charge is -2.22. The quantitative estimate of drug-likeness (QED) is 0.856. The molecule has 4 nitrogen and oxygen atoms in total. The summed E-state index contributed by atoms with van der Waals surface area (Å²) >= 11 is 0. The smallest absolute Gasteiger partial charge is 0.234 e. The van der Waals surface area contributed by atoms with Gasteiger partial charge < -0.3 is 4.52 Å². The summed E-state index contributed by atoms with van der Waals surface area (Å²) < 4.78 is 5.22. The van der Waals surface area contributed by atoms with Crippen LogP contribution in [0.5, 0.6) is 0 Å². The lowest BCUT2D eigenvalue weighted by Crippen LogP contribution is -2.12. The second-order valence-corrected chi connectivity index (χ2v) is 5.26. The first-order chi connectivity index (χ1) is 9.78. The number of Topliss-reactive ketones (excluding diaryl/α,β-unsaturated/α-hetero) is 1. The summed E-state index contributed by atoms with van der Waals surface area (Å²) in [6.07, 6.45) is 4.05. The molecule has 1 aromatic carbocycles. The number of rotatable bonds is 4. The first-order valence-corrected chi connectivity index (χ1v) is 7.20. The van der Waals surface area contributed by atoms with Crippen molar-refractivity contribution in [2.75, 3.05) is 0 Å². The van der Waals surface area contributed by atoms with Gasteiger partial charge in [0.05, 0.1) is 6.42 Å². The molecular weight excluding hydrogens is 252 g/mol. The Balaban J connectivity index is 1.85. The predicted octanol–water partition coefficient (Wildman–Crippen LogP) is 3.06. The topological polar surface area (TPSA) is 56.0 Å². The van der Waals surface area contributed by atoms with Gasteiger partial charge in [-0.2, -0.15) is 4.98 Å². The summed E-state index contributed by atoms with van der Waals surface area (Å²) in [5, 5.41) is 4.09. The van der Waals surface area contributed by atoms with Crippen molar-refractivity contribution in [2.24, 2.45) is 0 Å². The molecule has 0 saturated heterocycles. The lowest BCUT2D eigenvalue weighted by atomic mass is 9.82.